The van der Waals surface area contributed by atoms with Crippen LogP contribution in [0.5, 0.6) is 5.75 Å². The van der Waals surface area contributed by atoms with Crippen LogP contribution in [0.3, 0.4) is 0 Å². The Bertz CT molecular complexity index is 929. The van der Waals surface area contributed by atoms with Gasteiger partial charge in [-0.3, -0.25) is 0 Å². The number of benzene rings is 1. The Morgan fingerprint density at radius 1 is 1.32 bits per heavy atom. The maximum absolute atomic E-state index is 13.9. The Morgan fingerprint density at radius 2 is 2.20 bits per heavy atom. The van der Waals surface area contributed by atoms with Gasteiger partial charge in [0, 0.05) is 44.0 Å². The number of aromatic nitrogens is 3. The maximum Gasteiger partial charge on any atom is 0.161 e. The molecule has 0 spiro atoms. The fraction of sp³-hybridized carbons (Fsp3) is 0.294. The first-order valence-electron chi connectivity index (χ1n) is 7.98. The van der Waals surface area contributed by atoms with Crippen molar-refractivity contribution in [2.24, 2.45) is 0 Å². The number of rotatable bonds is 0. The molecule has 0 unspecified atom stereocenters. The Balaban J connectivity index is 1.79. The van der Waals surface area contributed by atoms with Gasteiger partial charge in [-0.25, -0.2) is 13.9 Å². The number of anilines is 1. The van der Waals surface area contributed by atoms with Crippen molar-refractivity contribution in [1.82, 2.24) is 19.9 Å². The van der Waals surface area contributed by atoms with E-state index in [2.05, 4.69) is 10.4 Å². The lowest BCUT2D eigenvalue weighted by Crippen LogP contribution is -2.21. The lowest BCUT2D eigenvalue weighted by Gasteiger charge is -2.21. The highest BCUT2D eigenvalue weighted by molar-refractivity contribution is 6.31. The highest BCUT2D eigenvalue weighted by Crippen LogP contribution is 2.31. The minimum Gasteiger partial charge on any atom is -0.492 e. The van der Waals surface area contributed by atoms with E-state index in [0.29, 0.717) is 37.6 Å². The van der Waals surface area contributed by atoms with Gasteiger partial charge in [0.05, 0.1) is 11.2 Å². The molecule has 3 aromatic rings. The lowest BCUT2D eigenvalue weighted by atomic mass is 10.1. The summed E-state index contributed by atoms with van der Waals surface area (Å²) in [6.45, 7) is 2.12. The van der Waals surface area contributed by atoms with Gasteiger partial charge in [0.25, 0.3) is 0 Å². The van der Waals surface area contributed by atoms with E-state index in [-0.39, 0.29) is 5.02 Å². The third-order valence-electron chi connectivity index (χ3n) is 4.22. The van der Waals surface area contributed by atoms with Crippen LogP contribution in [0.1, 0.15) is 11.1 Å². The summed E-state index contributed by atoms with van der Waals surface area (Å²) < 4.78 is 21.5. The van der Waals surface area contributed by atoms with Gasteiger partial charge in [-0.1, -0.05) is 11.6 Å². The summed E-state index contributed by atoms with van der Waals surface area (Å²) in [7, 11) is 1.89. The van der Waals surface area contributed by atoms with Crippen LogP contribution in [0.15, 0.2) is 30.6 Å². The largest absolute Gasteiger partial charge is 0.492 e. The van der Waals surface area contributed by atoms with Crippen LogP contribution in [-0.2, 0) is 13.1 Å². The summed E-state index contributed by atoms with van der Waals surface area (Å²) in [4.78, 5) is 6.61. The average molecular weight is 362 g/mol. The molecule has 0 amide bonds. The van der Waals surface area contributed by atoms with Crippen molar-refractivity contribution in [3.8, 4) is 5.75 Å². The Morgan fingerprint density at radius 3 is 3.08 bits per heavy atom. The van der Waals surface area contributed by atoms with Crippen molar-refractivity contribution in [3.05, 3.63) is 52.6 Å². The summed E-state index contributed by atoms with van der Waals surface area (Å²) in [5.41, 5.74) is 2.41. The SMILES string of the molecule is CN1Cc2c(ccc(F)c2Cl)OCCNCc2cnn3ccc1nc23. The van der Waals surface area contributed by atoms with E-state index in [1.165, 1.54) is 6.07 Å². The van der Waals surface area contributed by atoms with Gasteiger partial charge in [-0.15, -0.1) is 0 Å². The van der Waals surface area contributed by atoms with Gasteiger partial charge in [0.2, 0.25) is 0 Å². The molecule has 0 saturated heterocycles. The van der Waals surface area contributed by atoms with E-state index in [1.807, 2.05) is 24.2 Å². The molecule has 1 aliphatic heterocycles. The number of nitrogens with one attached hydrogen (secondary N) is 1. The number of nitrogens with zero attached hydrogens (tertiary/aromatic N) is 4. The first-order chi connectivity index (χ1) is 12.1. The molecule has 1 N–H and O–H groups in total. The summed E-state index contributed by atoms with van der Waals surface area (Å²) in [5, 5.41) is 7.70. The van der Waals surface area contributed by atoms with E-state index in [4.69, 9.17) is 21.3 Å². The van der Waals surface area contributed by atoms with Crippen molar-refractivity contribution in [2.45, 2.75) is 13.1 Å². The van der Waals surface area contributed by atoms with Crippen molar-refractivity contribution in [2.75, 3.05) is 25.1 Å². The van der Waals surface area contributed by atoms with Gasteiger partial charge in [0.15, 0.2) is 5.65 Å². The first-order valence-corrected chi connectivity index (χ1v) is 8.36. The molecule has 0 radical (unpaired) electrons. The van der Waals surface area contributed by atoms with Gasteiger partial charge in [-0.2, -0.15) is 5.10 Å². The third-order valence-corrected chi connectivity index (χ3v) is 4.63. The second-order valence-electron chi connectivity index (χ2n) is 5.94. The molecule has 2 bridgehead atoms. The smallest absolute Gasteiger partial charge is 0.161 e. The van der Waals surface area contributed by atoms with Crippen LogP contribution in [0.4, 0.5) is 10.2 Å². The van der Waals surface area contributed by atoms with Crippen LogP contribution in [0, 0.1) is 5.82 Å². The number of hydrogen-bond donors (Lipinski definition) is 1. The highest BCUT2D eigenvalue weighted by Gasteiger charge is 2.17. The average Bonchev–Trinajstić information content (AvgIpc) is 3.02. The summed E-state index contributed by atoms with van der Waals surface area (Å²) in [6, 6.07) is 4.81. The van der Waals surface area contributed by atoms with Crippen LogP contribution in [0.2, 0.25) is 5.02 Å². The molecule has 1 aromatic carbocycles. The molecule has 6 nitrogen and oxygen atoms in total. The minimum atomic E-state index is -0.457. The predicted octanol–water partition coefficient (Wildman–Crippen LogP) is 2.64. The molecule has 25 heavy (non-hydrogen) atoms. The second kappa shape index (κ2) is 6.50. The number of ether oxygens (including phenoxy) is 1. The van der Waals surface area contributed by atoms with E-state index < -0.39 is 5.82 Å². The summed E-state index contributed by atoms with van der Waals surface area (Å²) >= 11 is 6.20. The molecule has 2 aromatic heterocycles. The summed E-state index contributed by atoms with van der Waals surface area (Å²) in [5.74, 6) is 0.879. The van der Waals surface area contributed by atoms with Gasteiger partial charge in [0.1, 0.15) is 24.0 Å². The van der Waals surface area contributed by atoms with Crippen molar-refractivity contribution in [3.63, 3.8) is 0 Å². The van der Waals surface area contributed by atoms with Crippen LogP contribution in [-0.4, -0.2) is 34.8 Å². The number of halogens is 2. The maximum atomic E-state index is 13.9. The topological polar surface area (TPSA) is 54.7 Å². The Labute approximate surface area is 149 Å². The lowest BCUT2D eigenvalue weighted by molar-refractivity contribution is 0.310. The number of fused-ring (bicyclic) bond motifs is 2. The van der Waals surface area contributed by atoms with Crippen molar-refractivity contribution < 1.29 is 9.13 Å². The minimum absolute atomic E-state index is 0.0818. The number of hydrogen-bond acceptors (Lipinski definition) is 5. The van der Waals surface area contributed by atoms with E-state index in [0.717, 1.165) is 17.0 Å². The van der Waals surface area contributed by atoms with Gasteiger partial charge in [-0.05, 0) is 18.2 Å². The molecule has 0 fully saturated rings. The van der Waals surface area contributed by atoms with Crippen molar-refractivity contribution >= 4 is 23.1 Å². The van der Waals surface area contributed by atoms with Crippen LogP contribution >= 0.6 is 11.6 Å². The fourth-order valence-electron chi connectivity index (χ4n) is 2.88. The fourth-order valence-corrected chi connectivity index (χ4v) is 3.09. The van der Waals surface area contributed by atoms with E-state index in [1.54, 1.807) is 16.8 Å². The Kier molecular flexibility index (Phi) is 4.19. The van der Waals surface area contributed by atoms with Crippen LogP contribution in [0.25, 0.3) is 5.65 Å². The van der Waals surface area contributed by atoms with Crippen LogP contribution < -0.4 is 15.0 Å². The molecule has 3 heterocycles. The van der Waals surface area contributed by atoms with Gasteiger partial charge >= 0.3 is 0 Å². The molecule has 4 rings (SSSR count). The zero-order valence-corrected chi connectivity index (χ0v) is 14.4. The van der Waals surface area contributed by atoms with E-state index in [9.17, 15) is 4.39 Å². The molecule has 130 valence electrons. The van der Waals surface area contributed by atoms with Crippen molar-refractivity contribution in [1.29, 1.82) is 0 Å². The first kappa shape index (κ1) is 16.1. The monoisotopic (exact) mass is 361 g/mol. The quantitative estimate of drug-likeness (QED) is 0.667. The third kappa shape index (κ3) is 3.01. The zero-order valence-electron chi connectivity index (χ0n) is 13.7. The highest BCUT2D eigenvalue weighted by atomic mass is 35.5. The molecule has 0 aliphatic carbocycles. The summed E-state index contributed by atoms with van der Waals surface area (Å²) in [6.07, 6.45) is 3.67. The standard InChI is InChI=1S/C17H17ClFN5O/c1-23-10-12-14(3-2-13(19)16(12)18)25-7-5-20-8-11-9-21-24-6-4-15(23)22-17(11)24/h2-4,6,9,20H,5,7-8,10H2,1H3. The molecular formula is C17H17ClFN5O. The molecular weight excluding hydrogens is 345 g/mol. The molecule has 0 saturated carbocycles. The molecule has 0 atom stereocenters. The van der Waals surface area contributed by atoms with E-state index >= 15 is 0 Å². The molecule has 1 aliphatic rings. The zero-order chi connectivity index (χ0) is 17.4. The Hall–Kier alpha value is -2.38. The van der Waals surface area contributed by atoms with Gasteiger partial charge < -0.3 is 15.0 Å². The normalized spacial score (nSPS) is 15.2. The predicted molar refractivity (Wildman–Crippen MR) is 93.7 cm³/mol. The second-order valence-corrected chi connectivity index (χ2v) is 6.32. The molecule has 8 heteroatoms.